The van der Waals surface area contributed by atoms with Crippen molar-refractivity contribution in [2.24, 2.45) is 0 Å². The van der Waals surface area contributed by atoms with Gasteiger partial charge in [-0.1, -0.05) is 24.3 Å². The number of halogens is 1. The first-order chi connectivity index (χ1) is 10.6. The first kappa shape index (κ1) is 16.8. The Morgan fingerprint density at radius 2 is 1.91 bits per heavy atom. The van der Waals surface area contributed by atoms with Gasteiger partial charge >= 0.3 is 0 Å². The van der Waals surface area contributed by atoms with Crippen molar-refractivity contribution in [3.05, 3.63) is 65.5 Å². The summed E-state index contributed by atoms with van der Waals surface area (Å²) in [6.45, 7) is 2.99. The third kappa shape index (κ3) is 5.04. The minimum atomic E-state index is -0.931. The molecule has 0 saturated carbocycles. The lowest BCUT2D eigenvalue weighted by molar-refractivity contribution is 0.557. The Kier molecular flexibility index (Phi) is 6.28. The lowest BCUT2D eigenvalue weighted by atomic mass is 10.1. The maximum Gasteiger partial charge on any atom is 0.123 e. The molecule has 118 valence electrons. The predicted molar refractivity (Wildman–Crippen MR) is 89.9 cm³/mol. The van der Waals surface area contributed by atoms with E-state index in [1.165, 1.54) is 11.6 Å². The SMILES string of the molecule is C[C@H](NCCCc1cccc(F)c1)c1ccc([S@@](C)=O)cc1. The molecule has 22 heavy (non-hydrogen) atoms. The van der Waals surface area contributed by atoms with Crippen LogP contribution in [0.4, 0.5) is 4.39 Å². The standard InChI is InChI=1S/C18H22FNOS/c1-14(16-8-10-18(11-9-16)22(2)21)20-12-4-6-15-5-3-7-17(19)13-15/h3,5,7-11,13-14,20H,4,6,12H2,1-2H3/t14-,22+/m0/s1. The summed E-state index contributed by atoms with van der Waals surface area (Å²) < 4.78 is 24.4. The molecule has 2 atom stereocenters. The molecule has 0 fully saturated rings. The normalized spacial score (nSPS) is 13.8. The van der Waals surface area contributed by atoms with E-state index in [-0.39, 0.29) is 11.9 Å². The molecule has 0 aliphatic heterocycles. The van der Waals surface area contributed by atoms with Gasteiger partial charge < -0.3 is 5.32 Å². The van der Waals surface area contributed by atoms with Gasteiger partial charge in [-0.05, 0) is 61.7 Å². The zero-order valence-corrected chi connectivity index (χ0v) is 13.8. The van der Waals surface area contributed by atoms with Crippen LogP contribution in [-0.4, -0.2) is 17.0 Å². The van der Waals surface area contributed by atoms with Crippen LogP contribution in [0.15, 0.2) is 53.4 Å². The Morgan fingerprint density at radius 3 is 2.55 bits per heavy atom. The Balaban J connectivity index is 1.77. The highest BCUT2D eigenvalue weighted by molar-refractivity contribution is 7.84. The van der Waals surface area contributed by atoms with Crippen LogP contribution in [0, 0.1) is 5.82 Å². The fourth-order valence-electron chi connectivity index (χ4n) is 2.37. The molecule has 0 radical (unpaired) electrons. The molecule has 0 aliphatic carbocycles. The fourth-order valence-corrected chi connectivity index (χ4v) is 2.89. The van der Waals surface area contributed by atoms with E-state index < -0.39 is 10.8 Å². The van der Waals surface area contributed by atoms with Crippen LogP contribution in [0.25, 0.3) is 0 Å². The van der Waals surface area contributed by atoms with Gasteiger partial charge in [0.05, 0.1) is 0 Å². The number of benzene rings is 2. The molecule has 1 N–H and O–H groups in total. The van der Waals surface area contributed by atoms with Crippen molar-refractivity contribution in [3.63, 3.8) is 0 Å². The molecule has 2 aromatic rings. The van der Waals surface area contributed by atoms with Crippen molar-refractivity contribution in [1.29, 1.82) is 0 Å². The molecule has 0 heterocycles. The van der Waals surface area contributed by atoms with Crippen LogP contribution in [-0.2, 0) is 17.2 Å². The highest BCUT2D eigenvalue weighted by atomic mass is 32.2. The van der Waals surface area contributed by atoms with E-state index in [2.05, 4.69) is 12.2 Å². The van der Waals surface area contributed by atoms with E-state index in [1.54, 1.807) is 18.4 Å². The van der Waals surface area contributed by atoms with Gasteiger partial charge in [-0.2, -0.15) is 0 Å². The van der Waals surface area contributed by atoms with Crippen molar-refractivity contribution in [2.75, 3.05) is 12.8 Å². The summed E-state index contributed by atoms with van der Waals surface area (Å²) in [5, 5.41) is 3.46. The molecule has 0 unspecified atom stereocenters. The number of hydrogen-bond donors (Lipinski definition) is 1. The maximum atomic E-state index is 13.1. The van der Waals surface area contributed by atoms with Gasteiger partial charge in [0.2, 0.25) is 0 Å². The zero-order valence-electron chi connectivity index (χ0n) is 13.0. The van der Waals surface area contributed by atoms with Crippen LogP contribution in [0.1, 0.15) is 30.5 Å². The third-order valence-electron chi connectivity index (χ3n) is 3.69. The Bertz CT molecular complexity index is 627. The summed E-state index contributed by atoms with van der Waals surface area (Å²) in [7, 11) is -0.931. The average molecular weight is 319 g/mol. The summed E-state index contributed by atoms with van der Waals surface area (Å²) in [5.74, 6) is -0.174. The molecule has 0 bridgehead atoms. The Hall–Kier alpha value is -1.52. The zero-order chi connectivity index (χ0) is 15.9. The molecular weight excluding hydrogens is 297 g/mol. The van der Waals surface area contributed by atoms with Gasteiger partial charge in [0.1, 0.15) is 5.82 Å². The van der Waals surface area contributed by atoms with E-state index in [0.29, 0.717) is 0 Å². The number of hydrogen-bond acceptors (Lipinski definition) is 2. The highest BCUT2D eigenvalue weighted by Gasteiger charge is 2.05. The molecule has 0 aromatic heterocycles. The third-order valence-corrected chi connectivity index (χ3v) is 4.63. The van der Waals surface area contributed by atoms with Gasteiger partial charge in [0.25, 0.3) is 0 Å². The monoisotopic (exact) mass is 319 g/mol. The largest absolute Gasteiger partial charge is 0.310 e. The van der Waals surface area contributed by atoms with Crippen LogP contribution in [0.3, 0.4) is 0 Å². The highest BCUT2D eigenvalue weighted by Crippen LogP contribution is 2.15. The molecule has 0 saturated heterocycles. The smallest absolute Gasteiger partial charge is 0.123 e. The molecule has 2 aromatic carbocycles. The number of aryl methyl sites for hydroxylation is 1. The number of rotatable bonds is 7. The van der Waals surface area contributed by atoms with Gasteiger partial charge in [-0.15, -0.1) is 0 Å². The van der Waals surface area contributed by atoms with Gasteiger partial charge in [0.15, 0.2) is 0 Å². The van der Waals surface area contributed by atoms with Crippen molar-refractivity contribution in [1.82, 2.24) is 5.32 Å². The number of nitrogens with one attached hydrogen (secondary N) is 1. The van der Waals surface area contributed by atoms with Crippen LogP contribution >= 0.6 is 0 Å². The van der Waals surface area contributed by atoms with Gasteiger partial charge in [-0.3, -0.25) is 4.21 Å². The fraction of sp³-hybridized carbons (Fsp3) is 0.333. The minimum Gasteiger partial charge on any atom is -0.310 e. The van der Waals surface area contributed by atoms with Crippen LogP contribution < -0.4 is 5.32 Å². The molecule has 0 aliphatic rings. The predicted octanol–water partition coefficient (Wildman–Crippen LogP) is 3.85. The van der Waals surface area contributed by atoms with Crippen LogP contribution in [0.5, 0.6) is 0 Å². The van der Waals surface area contributed by atoms with Crippen molar-refractivity contribution < 1.29 is 8.60 Å². The average Bonchev–Trinajstić information content (AvgIpc) is 2.51. The van der Waals surface area contributed by atoms with Gasteiger partial charge in [-0.25, -0.2) is 4.39 Å². The van der Waals surface area contributed by atoms with E-state index in [1.807, 2.05) is 30.3 Å². The topological polar surface area (TPSA) is 29.1 Å². The molecule has 2 nitrogen and oxygen atoms in total. The van der Waals surface area contributed by atoms with E-state index >= 15 is 0 Å². The van der Waals surface area contributed by atoms with Gasteiger partial charge in [0, 0.05) is 28.0 Å². The van der Waals surface area contributed by atoms with Crippen molar-refractivity contribution in [2.45, 2.75) is 30.7 Å². The summed E-state index contributed by atoms with van der Waals surface area (Å²) in [5.41, 5.74) is 2.21. The minimum absolute atomic E-state index is 0.174. The van der Waals surface area contributed by atoms with Crippen LogP contribution in [0.2, 0.25) is 0 Å². The quantitative estimate of drug-likeness (QED) is 0.786. The summed E-state index contributed by atoms with van der Waals surface area (Å²) >= 11 is 0. The molecule has 2 rings (SSSR count). The van der Waals surface area contributed by atoms with E-state index in [0.717, 1.165) is 29.8 Å². The van der Waals surface area contributed by atoms with Crippen molar-refractivity contribution >= 4 is 10.8 Å². The first-order valence-corrected chi connectivity index (χ1v) is 9.03. The Labute approximate surface area is 134 Å². The molecule has 0 amide bonds. The maximum absolute atomic E-state index is 13.1. The summed E-state index contributed by atoms with van der Waals surface area (Å²) in [6.07, 6.45) is 3.51. The lowest BCUT2D eigenvalue weighted by Crippen LogP contribution is -2.20. The molecule has 0 spiro atoms. The lowest BCUT2D eigenvalue weighted by Gasteiger charge is -2.14. The van der Waals surface area contributed by atoms with E-state index in [4.69, 9.17) is 0 Å². The second-order valence-corrected chi connectivity index (χ2v) is 6.81. The first-order valence-electron chi connectivity index (χ1n) is 7.47. The second-order valence-electron chi connectivity index (χ2n) is 5.43. The summed E-state index contributed by atoms with van der Waals surface area (Å²) in [6, 6.07) is 14.9. The Morgan fingerprint density at radius 1 is 1.18 bits per heavy atom. The van der Waals surface area contributed by atoms with E-state index in [9.17, 15) is 8.60 Å². The summed E-state index contributed by atoms with van der Waals surface area (Å²) in [4.78, 5) is 0.849. The molecule has 4 heteroatoms. The molecular formula is C18H22FNOS. The van der Waals surface area contributed by atoms with Crippen molar-refractivity contribution in [3.8, 4) is 0 Å². The second kappa shape index (κ2) is 8.20.